The molecule has 2 amide bonds. The lowest BCUT2D eigenvalue weighted by Crippen LogP contribution is -2.44. The number of carbonyl (C=O) groups excluding carboxylic acids is 2. The van der Waals surface area contributed by atoms with Crippen molar-refractivity contribution in [3.8, 4) is 0 Å². The second-order valence-corrected chi connectivity index (χ2v) is 8.71. The number of aliphatic carboxylic acids is 1. The molecule has 0 fully saturated rings. The van der Waals surface area contributed by atoms with E-state index in [-0.39, 0.29) is 12.5 Å². The molecule has 4 aromatic rings. The summed E-state index contributed by atoms with van der Waals surface area (Å²) in [6.45, 7) is 0.240. The topological polar surface area (TPSA) is 134 Å². The van der Waals surface area contributed by atoms with Crippen molar-refractivity contribution in [3.05, 3.63) is 95.1 Å². The highest BCUT2D eigenvalue weighted by Crippen LogP contribution is 2.43. The number of nitrogens with zero attached hydrogens (tertiary/aromatic N) is 3. The summed E-state index contributed by atoms with van der Waals surface area (Å²) < 4.78 is 38.1. The van der Waals surface area contributed by atoms with Gasteiger partial charge in [-0.25, -0.2) is 14.6 Å². The molecule has 1 aromatic heterocycles. The number of carboxylic acid groups (broad SMARTS) is 1. The Morgan fingerprint density at radius 3 is 2.30 bits per heavy atom. The number of methoxy groups -OCH3 is 1. The number of aryl methyl sites for hydroxylation is 1. The first-order chi connectivity index (χ1) is 18.9. The molecule has 1 aliphatic rings. The summed E-state index contributed by atoms with van der Waals surface area (Å²) >= 11 is 0. The second kappa shape index (κ2) is 10.7. The summed E-state index contributed by atoms with van der Waals surface area (Å²) in [4.78, 5) is 39.8. The maximum absolute atomic E-state index is 13.4. The van der Waals surface area contributed by atoms with Crippen LogP contribution >= 0.6 is 0 Å². The summed E-state index contributed by atoms with van der Waals surface area (Å²) in [6.07, 6.45) is -5.71. The van der Waals surface area contributed by atoms with Gasteiger partial charge in [0.25, 0.3) is 5.91 Å². The van der Waals surface area contributed by atoms with Crippen molar-refractivity contribution in [2.45, 2.75) is 18.4 Å². The lowest BCUT2D eigenvalue weighted by atomic mass is 9.93. The Balaban J connectivity index is 0.000000470. The van der Waals surface area contributed by atoms with E-state index in [9.17, 15) is 27.9 Å². The number of benzene rings is 3. The second-order valence-electron chi connectivity index (χ2n) is 8.71. The van der Waals surface area contributed by atoms with E-state index in [1.54, 1.807) is 48.0 Å². The molecule has 1 unspecified atom stereocenters. The number of aliphatic hydroxyl groups is 1. The average Bonchev–Trinajstić information content (AvgIpc) is 3.35. The van der Waals surface area contributed by atoms with Gasteiger partial charge >= 0.3 is 18.2 Å². The molecule has 0 radical (unpaired) electrons. The number of hydrogen-bond acceptors (Lipinski definition) is 6. The third-order valence-corrected chi connectivity index (χ3v) is 6.28. The zero-order valence-corrected chi connectivity index (χ0v) is 21.1. The molecule has 0 bridgehead atoms. The van der Waals surface area contributed by atoms with Gasteiger partial charge in [-0.2, -0.15) is 13.2 Å². The number of imidazole rings is 1. The predicted octanol–water partition coefficient (Wildman–Crippen LogP) is 4.23. The summed E-state index contributed by atoms with van der Waals surface area (Å²) in [7, 11) is 3.03. The van der Waals surface area contributed by atoms with Crippen LogP contribution in [-0.4, -0.2) is 55.9 Å². The highest BCUT2D eigenvalue weighted by Gasteiger charge is 2.49. The number of ether oxygens (including phenoxy) is 1. The lowest BCUT2D eigenvalue weighted by Gasteiger charge is -2.35. The van der Waals surface area contributed by atoms with Crippen molar-refractivity contribution in [3.63, 3.8) is 0 Å². The van der Waals surface area contributed by atoms with Crippen LogP contribution in [0.5, 0.6) is 0 Å². The van der Waals surface area contributed by atoms with Crippen LogP contribution in [0.4, 0.5) is 23.9 Å². The van der Waals surface area contributed by atoms with Crippen LogP contribution in [-0.2, 0) is 28.8 Å². The molecule has 3 aromatic carbocycles. The van der Waals surface area contributed by atoms with E-state index in [1.807, 2.05) is 36.4 Å². The van der Waals surface area contributed by atoms with Gasteiger partial charge in [-0.05, 0) is 23.8 Å². The number of carboxylic acids is 1. The van der Waals surface area contributed by atoms with E-state index in [4.69, 9.17) is 9.90 Å². The minimum Gasteiger partial charge on any atom is -0.475 e. The quantitative estimate of drug-likeness (QED) is 0.343. The molecule has 208 valence electrons. The van der Waals surface area contributed by atoms with Crippen molar-refractivity contribution in [1.82, 2.24) is 14.5 Å². The zero-order valence-electron chi connectivity index (χ0n) is 21.1. The van der Waals surface area contributed by atoms with Gasteiger partial charge in [0, 0.05) is 30.3 Å². The Morgan fingerprint density at radius 2 is 1.68 bits per heavy atom. The third-order valence-electron chi connectivity index (χ3n) is 6.28. The van der Waals surface area contributed by atoms with E-state index in [2.05, 4.69) is 15.0 Å². The van der Waals surface area contributed by atoms with Crippen LogP contribution in [0.3, 0.4) is 0 Å². The molecule has 0 spiro atoms. The largest absolute Gasteiger partial charge is 0.490 e. The number of amides is 2. The molecule has 10 nitrogen and oxygen atoms in total. The van der Waals surface area contributed by atoms with Gasteiger partial charge in [0.15, 0.2) is 5.72 Å². The van der Waals surface area contributed by atoms with Gasteiger partial charge < -0.3 is 19.5 Å². The highest BCUT2D eigenvalue weighted by molar-refractivity contribution is 6.00. The highest BCUT2D eigenvalue weighted by atomic mass is 19.4. The van der Waals surface area contributed by atoms with Crippen LogP contribution in [0.15, 0.2) is 72.8 Å². The van der Waals surface area contributed by atoms with Crippen molar-refractivity contribution in [1.29, 1.82) is 0 Å². The Bertz CT molecular complexity index is 1590. The smallest absolute Gasteiger partial charge is 0.475 e. The number of anilines is 1. The number of halogens is 3. The number of carbonyl (C=O) groups is 3. The van der Waals surface area contributed by atoms with Crippen LogP contribution in [0.2, 0.25) is 0 Å². The van der Waals surface area contributed by atoms with Crippen molar-refractivity contribution in [2.75, 3.05) is 12.4 Å². The molecular formula is C27H23F3N4O6. The number of fused-ring (bicyclic) bond motifs is 2. The maximum atomic E-state index is 13.4. The third kappa shape index (κ3) is 5.18. The number of hydrogen-bond donors (Lipinski definition) is 3. The number of alkyl halides is 3. The first-order valence-corrected chi connectivity index (χ1v) is 11.7. The zero-order chi connectivity index (χ0) is 29.2. The monoisotopic (exact) mass is 556 g/mol. The fraction of sp³-hybridized carbons (Fsp3) is 0.185. The van der Waals surface area contributed by atoms with Gasteiger partial charge in [0.2, 0.25) is 5.95 Å². The van der Waals surface area contributed by atoms with Crippen molar-refractivity contribution in [2.24, 2.45) is 7.05 Å². The molecule has 0 aliphatic carbocycles. The molecule has 0 saturated heterocycles. The van der Waals surface area contributed by atoms with E-state index in [0.717, 1.165) is 5.56 Å². The SMILES string of the molecule is COC(=O)Nc1nc2ccc(C3(O)c4ccccc4C(=O)N3Cc3ccccc3)cc2n1C.O=C(O)C(F)(F)F. The summed E-state index contributed by atoms with van der Waals surface area (Å²) in [6, 6.07) is 22.0. The maximum Gasteiger partial charge on any atom is 0.490 e. The molecule has 1 atom stereocenters. The minimum atomic E-state index is -5.08. The van der Waals surface area contributed by atoms with Crippen LogP contribution in [0.1, 0.15) is 27.0 Å². The Morgan fingerprint density at radius 1 is 1.05 bits per heavy atom. The van der Waals surface area contributed by atoms with E-state index >= 15 is 0 Å². The summed E-state index contributed by atoms with van der Waals surface area (Å²) in [5.41, 5.74) is 2.07. The minimum absolute atomic E-state index is 0.240. The van der Waals surface area contributed by atoms with Gasteiger partial charge in [-0.15, -0.1) is 0 Å². The Hall–Kier alpha value is -4.91. The first-order valence-electron chi connectivity index (χ1n) is 11.7. The van der Waals surface area contributed by atoms with Crippen LogP contribution < -0.4 is 5.32 Å². The number of rotatable bonds is 4. The summed E-state index contributed by atoms with van der Waals surface area (Å²) in [5, 5.41) is 21.8. The van der Waals surface area contributed by atoms with Gasteiger partial charge in [-0.3, -0.25) is 15.0 Å². The average molecular weight is 556 g/mol. The fourth-order valence-electron chi connectivity index (χ4n) is 4.34. The standard InChI is InChI=1S/C25H22N4O4.C2HF3O2/c1-28-21-14-17(12-13-20(21)26-23(28)27-24(31)33-2)25(32)19-11-7-6-10-18(19)22(30)29(25)15-16-8-4-3-5-9-16;3-2(4,5)1(6)7/h3-14,32H,15H2,1-2H3,(H,26,27,31);(H,6,7). The molecule has 0 saturated carbocycles. The van der Waals surface area contributed by atoms with Crippen LogP contribution in [0.25, 0.3) is 11.0 Å². The molecule has 3 N–H and O–H groups in total. The summed E-state index contributed by atoms with van der Waals surface area (Å²) in [5.74, 6) is -2.69. The molecular weight excluding hydrogens is 533 g/mol. The first kappa shape index (κ1) is 28.1. The van der Waals surface area contributed by atoms with Crippen molar-refractivity contribution >= 4 is 35.0 Å². The molecule has 40 heavy (non-hydrogen) atoms. The Labute approximate surface area is 225 Å². The van der Waals surface area contributed by atoms with Gasteiger partial charge in [-0.1, -0.05) is 54.6 Å². The van der Waals surface area contributed by atoms with E-state index < -0.39 is 24.0 Å². The van der Waals surface area contributed by atoms with Crippen molar-refractivity contribution < 1.29 is 42.5 Å². The predicted molar refractivity (Wildman–Crippen MR) is 136 cm³/mol. The molecule has 13 heteroatoms. The lowest BCUT2D eigenvalue weighted by molar-refractivity contribution is -0.192. The number of aromatic nitrogens is 2. The normalized spacial score (nSPS) is 16.2. The van der Waals surface area contributed by atoms with Gasteiger partial charge in [0.1, 0.15) is 0 Å². The Kier molecular flexibility index (Phi) is 7.51. The van der Waals surface area contributed by atoms with E-state index in [0.29, 0.717) is 33.7 Å². The van der Waals surface area contributed by atoms with Gasteiger partial charge in [0.05, 0.1) is 18.1 Å². The number of nitrogens with one attached hydrogen (secondary N) is 1. The fourth-order valence-corrected chi connectivity index (χ4v) is 4.34. The van der Waals surface area contributed by atoms with E-state index in [1.165, 1.54) is 12.0 Å². The van der Waals surface area contributed by atoms with Crippen LogP contribution in [0, 0.1) is 0 Å². The molecule has 1 aliphatic heterocycles. The molecule has 5 rings (SSSR count). The molecule has 2 heterocycles.